The van der Waals surface area contributed by atoms with E-state index >= 15 is 0 Å². The highest BCUT2D eigenvalue weighted by Crippen LogP contribution is 2.29. The summed E-state index contributed by atoms with van der Waals surface area (Å²) in [5.41, 5.74) is 0.0586. The van der Waals surface area contributed by atoms with Crippen molar-refractivity contribution in [2.45, 2.75) is 0 Å². The van der Waals surface area contributed by atoms with Crippen molar-refractivity contribution in [3.63, 3.8) is 0 Å². The summed E-state index contributed by atoms with van der Waals surface area (Å²) in [4.78, 5) is 22.1. The predicted molar refractivity (Wildman–Crippen MR) is 80.0 cm³/mol. The minimum Gasteiger partial charge on any atom is -0.319 e. The van der Waals surface area contributed by atoms with Crippen molar-refractivity contribution < 1.29 is 9.72 Å². The third-order valence-corrected chi connectivity index (χ3v) is 4.50. The van der Waals surface area contributed by atoms with Crippen molar-refractivity contribution in [1.29, 1.82) is 0 Å². The summed E-state index contributed by atoms with van der Waals surface area (Å²) in [5, 5.41) is 19.7. The van der Waals surface area contributed by atoms with Gasteiger partial charge < -0.3 is 5.32 Å². The van der Waals surface area contributed by atoms with Gasteiger partial charge in [-0.3, -0.25) is 20.0 Å². The Labute approximate surface area is 134 Å². The fourth-order valence-electron chi connectivity index (χ4n) is 1.36. The van der Waals surface area contributed by atoms with Gasteiger partial charge in [0, 0.05) is 12.1 Å². The Morgan fingerprint density at radius 2 is 2.15 bits per heavy atom. The maximum atomic E-state index is 12.0. The van der Waals surface area contributed by atoms with E-state index in [9.17, 15) is 14.9 Å². The topological polar surface area (TPSA) is 101 Å². The van der Waals surface area contributed by atoms with Gasteiger partial charge in [-0.1, -0.05) is 11.6 Å². The number of nitro benzene ring substituents is 1. The lowest BCUT2D eigenvalue weighted by Crippen LogP contribution is -2.13. The number of carbonyl (C=O) groups is 1. The van der Waals surface area contributed by atoms with Crippen LogP contribution < -0.4 is 5.32 Å². The molecule has 2 N–H and O–H groups in total. The summed E-state index contributed by atoms with van der Waals surface area (Å²) in [6.07, 6.45) is 0. The number of non-ortho nitro benzene ring substituents is 1. The second kappa shape index (κ2) is 5.90. The van der Waals surface area contributed by atoms with Gasteiger partial charge >= 0.3 is 0 Å². The van der Waals surface area contributed by atoms with Crippen LogP contribution in [0.1, 0.15) is 10.5 Å². The van der Waals surface area contributed by atoms with E-state index in [1.807, 2.05) is 0 Å². The maximum Gasteiger partial charge on any atom is 0.277 e. The molecule has 0 radical (unpaired) electrons. The van der Waals surface area contributed by atoms with Crippen molar-refractivity contribution in [2.24, 2.45) is 0 Å². The van der Waals surface area contributed by atoms with Gasteiger partial charge in [-0.05, 0) is 37.9 Å². The summed E-state index contributed by atoms with van der Waals surface area (Å²) in [6.45, 7) is 0. The number of rotatable bonds is 3. The maximum absolute atomic E-state index is 12.0. The number of aromatic nitrogens is 2. The van der Waals surface area contributed by atoms with Gasteiger partial charge in [0.15, 0.2) is 5.69 Å². The molecule has 0 spiro atoms. The van der Waals surface area contributed by atoms with Crippen LogP contribution in [0.5, 0.6) is 0 Å². The molecule has 20 heavy (non-hydrogen) atoms. The van der Waals surface area contributed by atoms with Gasteiger partial charge in [0.05, 0.1) is 20.1 Å². The van der Waals surface area contributed by atoms with Gasteiger partial charge in [0.2, 0.25) is 0 Å². The number of nitrogens with one attached hydrogen (secondary N) is 2. The van der Waals surface area contributed by atoms with Gasteiger partial charge in [0.1, 0.15) is 4.60 Å². The van der Waals surface area contributed by atoms with Gasteiger partial charge in [0.25, 0.3) is 11.6 Å². The summed E-state index contributed by atoms with van der Waals surface area (Å²) in [7, 11) is 0. The number of H-pyrrole nitrogens is 1. The number of halogens is 3. The van der Waals surface area contributed by atoms with E-state index in [0.29, 0.717) is 9.08 Å². The van der Waals surface area contributed by atoms with E-state index < -0.39 is 10.8 Å². The van der Waals surface area contributed by atoms with Crippen molar-refractivity contribution in [3.8, 4) is 0 Å². The second-order valence-corrected chi connectivity index (χ2v) is 5.57. The molecule has 2 aromatic rings. The van der Waals surface area contributed by atoms with Crippen molar-refractivity contribution in [2.75, 3.05) is 5.32 Å². The Bertz CT molecular complexity index is 704. The van der Waals surface area contributed by atoms with E-state index in [0.717, 1.165) is 0 Å². The average Bonchev–Trinajstić information content (AvgIpc) is 2.72. The lowest BCUT2D eigenvalue weighted by atomic mass is 10.2. The molecule has 0 aliphatic heterocycles. The van der Waals surface area contributed by atoms with Gasteiger partial charge in [-0.25, -0.2) is 0 Å². The Morgan fingerprint density at radius 3 is 2.70 bits per heavy atom. The first-order valence-corrected chi connectivity index (χ1v) is 7.01. The number of anilines is 1. The average molecular weight is 424 g/mol. The van der Waals surface area contributed by atoms with Crippen LogP contribution in [-0.4, -0.2) is 21.0 Å². The lowest BCUT2D eigenvalue weighted by Gasteiger charge is -2.05. The zero-order valence-electron chi connectivity index (χ0n) is 9.49. The summed E-state index contributed by atoms with van der Waals surface area (Å²) < 4.78 is 0.948. The molecule has 0 aliphatic rings. The van der Waals surface area contributed by atoms with E-state index in [-0.39, 0.29) is 22.1 Å². The molecule has 1 aromatic carbocycles. The number of nitro groups is 1. The van der Waals surface area contributed by atoms with Crippen molar-refractivity contribution in [1.82, 2.24) is 10.2 Å². The molecule has 0 saturated heterocycles. The number of carbonyl (C=O) groups excluding carboxylic acids is 1. The fourth-order valence-corrected chi connectivity index (χ4v) is 2.16. The number of benzene rings is 1. The van der Waals surface area contributed by atoms with Crippen LogP contribution in [0.2, 0.25) is 5.02 Å². The number of hydrogen-bond acceptors (Lipinski definition) is 4. The van der Waals surface area contributed by atoms with Crippen LogP contribution in [0, 0.1) is 10.1 Å². The third-order valence-electron chi connectivity index (χ3n) is 2.29. The molecule has 0 bridgehead atoms. The first-order valence-electron chi connectivity index (χ1n) is 5.05. The zero-order chi connectivity index (χ0) is 14.9. The normalized spacial score (nSPS) is 10.3. The summed E-state index contributed by atoms with van der Waals surface area (Å²) in [5.74, 6) is -0.554. The largest absolute Gasteiger partial charge is 0.319 e. The molecule has 0 fully saturated rings. The van der Waals surface area contributed by atoms with Crippen LogP contribution in [0.4, 0.5) is 11.4 Å². The number of nitrogens with zero attached hydrogens (tertiary/aromatic N) is 2. The Balaban J connectivity index is 2.30. The highest BCUT2D eigenvalue weighted by Gasteiger charge is 2.18. The molecule has 0 unspecified atom stereocenters. The molecule has 1 aromatic heterocycles. The van der Waals surface area contributed by atoms with E-state index in [1.165, 1.54) is 18.2 Å². The molecular formula is C10H5Br2ClN4O3. The van der Waals surface area contributed by atoms with Gasteiger partial charge in [-0.15, -0.1) is 0 Å². The Kier molecular flexibility index (Phi) is 4.41. The molecule has 10 heteroatoms. The first-order chi connectivity index (χ1) is 9.40. The molecule has 0 aliphatic carbocycles. The number of amides is 1. The minimum absolute atomic E-state index is 0.0967. The van der Waals surface area contributed by atoms with Crippen LogP contribution in [-0.2, 0) is 0 Å². The number of hydrogen-bond donors (Lipinski definition) is 2. The van der Waals surface area contributed by atoms with E-state index in [2.05, 4.69) is 47.4 Å². The van der Waals surface area contributed by atoms with Gasteiger partial charge in [-0.2, -0.15) is 5.10 Å². The quantitative estimate of drug-likeness (QED) is 0.579. The Hall–Kier alpha value is -1.45. The molecule has 104 valence electrons. The third kappa shape index (κ3) is 3.00. The van der Waals surface area contributed by atoms with Crippen LogP contribution >= 0.6 is 43.5 Å². The molecule has 1 amide bonds. The lowest BCUT2D eigenvalue weighted by molar-refractivity contribution is -0.384. The zero-order valence-corrected chi connectivity index (χ0v) is 13.4. The second-order valence-electron chi connectivity index (χ2n) is 3.58. The van der Waals surface area contributed by atoms with Crippen molar-refractivity contribution >= 4 is 60.7 Å². The molecule has 7 nitrogen and oxygen atoms in total. The fraction of sp³-hybridized carbons (Fsp3) is 0. The predicted octanol–water partition coefficient (Wildman–Crippen LogP) is 3.75. The molecule has 0 saturated carbocycles. The van der Waals surface area contributed by atoms with Crippen LogP contribution in [0.15, 0.2) is 27.3 Å². The highest BCUT2D eigenvalue weighted by atomic mass is 79.9. The minimum atomic E-state index is -0.576. The molecular weight excluding hydrogens is 419 g/mol. The van der Waals surface area contributed by atoms with Crippen LogP contribution in [0.25, 0.3) is 0 Å². The van der Waals surface area contributed by atoms with Crippen molar-refractivity contribution in [3.05, 3.63) is 48.1 Å². The molecule has 2 rings (SSSR count). The highest BCUT2D eigenvalue weighted by molar-refractivity contribution is 9.13. The smallest absolute Gasteiger partial charge is 0.277 e. The Morgan fingerprint density at radius 1 is 1.45 bits per heavy atom. The SMILES string of the molecule is O=C(Nc1cc([N+](=O)[O-])ccc1Cl)c1n[nH]c(Br)c1Br. The van der Waals surface area contributed by atoms with Crippen LogP contribution in [0.3, 0.4) is 0 Å². The standard InChI is InChI=1S/C10H5Br2ClN4O3/c11-7-8(15-16-9(7)12)10(18)14-6-3-4(17(19)20)1-2-5(6)13/h1-3H,(H,14,18)(H,15,16). The number of aromatic amines is 1. The molecule has 1 heterocycles. The monoisotopic (exact) mass is 422 g/mol. The van der Waals surface area contributed by atoms with E-state index in [1.54, 1.807) is 0 Å². The van der Waals surface area contributed by atoms with E-state index in [4.69, 9.17) is 11.6 Å². The first kappa shape index (κ1) is 14.9. The molecule has 0 atom stereocenters. The summed E-state index contributed by atoms with van der Waals surface area (Å²) >= 11 is 12.2. The summed E-state index contributed by atoms with van der Waals surface area (Å²) in [6, 6.07) is 3.76.